The van der Waals surface area contributed by atoms with E-state index in [1.807, 2.05) is 0 Å². The van der Waals surface area contributed by atoms with Crippen molar-refractivity contribution in [3.8, 4) is 0 Å². The SMILES string of the molecule is N[C@@H](CCSCNc1ncnc2c1ncn2[C@H]1C[C@H](O)[C@@H](COP(=O)(O)O)O1)C(=O)O. The van der Waals surface area contributed by atoms with E-state index in [0.29, 0.717) is 35.0 Å². The molecule has 2 aromatic rings. The van der Waals surface area contributed by atoms with Gasteiger partial charge in [-0.05, 0) is 12.2 Å². The van der Waals surface area contributed by atoms with Crippen LogP contribution in [0.4, 0.5) is 5.82 Å². The molecule has 0 spiro atoms. The Hall–Kier alpha value is -1.84. The number of aliphatic hydroxyl groups is 1. The molecular weight excluding hydrogens is 455 g/mol. The Balaban J connectivity index is 1.60. The molecule has 3 heterocycles. The lowest BCUT2D eigenvalue weighted by molar-refractivity contribution is -0.138. The number of hydrogen-bond acceptors (Lipinski definition) is 11. The van der Waals surface area contributed by atoms with Crippen molar-refractivity contribution in [3.05, 3.63) is 12.7 Å². The number of fused-ring (bicyclic) bond motifs is 1. The topological polar surface area (TPSA) is 215 Å². The number of ether oxygens (including phenoxy) is 1. The number of nitrogens with zero attached hydrogens (tertiary/aromatic N) is 4. The maximum atomic E-state index is 10.9. The summed E-state index contributed by atoms with van der Waals surface area (Å²) >= 11 is 1.46. The van der Waals surface area contributed by atoms with Crippen molar-refractivity contribution < 1.29 is 38.6 Å². The van der Waals surface area contributed by atoms with Crippen LogP contribution in [0, 0.1) is 0 Å². The monoisotopic (exact) mass is 478 g/mol. The average Bonchev–Trinajstić information content (AvgIpc) is 3.29. The molecule has 16 heteroatoms. The minimum absolute atomic E-state index is 0.160. The van der Waals surface area contributed by atoms with Crippen LogP contribution in [-0.4, -0.2) is 82.0 Å². The quantitative estimate of drug-likeness (QED) is 0.136. The van der Waals surface area contributed by atoms with E-state index in [0.717, 1.165) is 0 Å². The maximum Gasteiger partial charge on any atom is 0.469 e. The van der Waals surface area contributed by atoms with Crippen molar-refractivity contribution in [1.82, 2.24) is 19.5 Å². The van der Waals surface area contributed by atoms with Crippen molar-refractivity contribution in [1.29, 1.82) is 0 Å². The number of aliphatic carboxylic acids is 1. The number of nitrogens with one attached hydrogen (secondary N) is 1. The van der Waals surface area contributed by atoms with Gasteiger partial charge in [0, 0.05) is 6.42 Å². The lowest BCUT2D eigenvalue weighted by Crippen LogP contribution is -2.30. The van der Waals surface area contributed by atoms with Crippen LogP contribution in [0.2, 0.25) is 0 Å². The standard InChI is InChI=1S/C15H23N6O8PS/c16-8(15(23)24)1-2-31-7-20-13-12-14(18-5-17-13)21(6-19-12)11-3-9(22)10(29-11)4-28-30(25,26)27/h5-6,8-11,22H,1-4,7,16H2,(H,23,24)(H,17,18,20)(H2,25,26,27)/t8-,9-,10+,11+/m0/s1. The van der Waals surface area contributed by atoms with E-state index in [4.69, 9.17) is 25.4 Å². The van der Waals surface area contributed by atoms with Gasteiger partial charge in [-0.2, -0.15) is 0 Å². The molecule has 0 amide bonds. The molecule has 4 atom stereocenters. The predicted molar refractivity (Wildman–Crippen MR) is 109 cm³/mol. The largest absolute Gasteiger partial charge is 0.480 e. The Morgan fingerprint density at radius 2 is 2.23 bits per heavy atom. The van der Waals surface area contributed by atoms with Gasteiger partial charge in [0.25, 0.3) is 0 Å². The van der Waals surface area contributed by atoms with E-state index < -0.39 is 44.9 Å². The molecule has 172 valence electrons. The number of hydrogen-bond donors (Lipinski definition) is 6. The van der Waals surface area contributed by atoms with E-state index in [1.54, 1.807) is 4.57 Å². The number of anilines is 1. The maximum absolute atomic E-state index is 10.9. The summed E-state index contributed by atoms with van der Waals surface area (Å²) in [5, 5.41) is 22.0. The van der Waals surface area contributed by atoms with Gasteiger partial charge in [0.05, 0.1) is 24.9 Å². The summed E-state index contributed by atoms with van der Waals surface area (Å²) < 4.78 is 22.6. The van der Waals surface area contributed by atoms with E-state index in [2.05, 4.69) is 24.8 Å². The Kier molecular flexibility index (Phi) is 7.82. The van der Waals surface area contributed by atoms with Crippen molar-refractivity contribution in [3.63, 3.8) is 0 Å². The fourth-order valence-corrected chi connectivity index (χ4v) is 4.07. The lowest BCUT2D eigenvalue weighted by Gasteiger charge is -2.16. The van der Waals surface area contributed by atoms with Gasteiger partial charge >= 0.3 is 13.8 Å². The lowest BCUT2D eigenvalue weighted by atomic mass is 10.2. The van der Waals surface area contributed by atoms with Crippen molar-refractivity contribution in [2.45, 2.75) is 37.3 Å². The molecule has 0 radical (unpaired) electrons. The molecule has 7 N–H and O–H groups in total. The first-order chi connectivity index (χ1) is 14.7. The molecule has 1 fully saturated rings. The van der Waals surface area contributed by atoms with Crippen LogP contribution in [-0.2, 0) is 18.6 Å². The van der Waals surface area contributed by atoms with Crippen LogP contribution in [0.5, 0.6) is 0 Å². The van der Waals surface area contributed by atoms with E-state index in [-0.39, 0.29) is 6.42 Å². The number of imidazole rings is 1. The molecule has 31 heavy (non-hydrogen) atoms. The summed E-state index contributed by atoms with van der Waals surface area (Å²) in [5.41, 5.74) is 6.38. The summed E-state index contributed by atoms with van der Waals surface area (Å²) in [4.78, 5) is 41.0. The minimum Gasteiger partial charge on any atom is -0.480 e. The van der Waals surface area contributed by atoms with Crippen LogP contribution < -0.4 is 11.1 Å². The highest BCUT2D eigenvalue weighted by Gasteiger charge is 2.37. The zero-order valence-electron chi connectivity index (χ0n) is 16.1. The van der Waals surface area contributed by atoms with Crippen LogP contribution in [0.1, 0.15) is 19.1 Å². The highest BCUT2D eigenvalue weighted by Crippen LogP contribution is 2.38. The Morgan fingerprint density at radius 1 is 1.45 bits per heavy atom. The van der Waals surface area contributed by atoms with Gasteiger partial charge in [-0.3, -0.25) is 13.9 Å². The molecule has 0 bridgehead atoms. The number of aliphatic hydroxyl groups excluding tert-OH is 1. The second-order valence-electron chi connectivity index (χ2n) is 6.73. The third kappa shape index (κ3) is 6.33. The van der Waals surface area contributed by atoms with Gasteiger partial charge < -0.3 is 35.8 Å². The molecule has 14 nitrogen and oxygen atoms in total. The first kappa shape index (κ1) is 23.8. The molecule has 0 saturated carbocycles. The molecule has 1 aliphatic rings. The van der Waals surface area contributed by atoms with Crippen LogP contribution in [0.3, 0.4) is 0 Å². The van der Waals surface area contributed by atoms with Crippen LogP contribution >= 0.6 is 19.6 Å². The molecule has 1 aliphatic heterocycles. The summed E-state index contributed by atoms with van der Waals surface area (Å²) in [6, 6.07) is -0.897. The third-order valence-electron chi connectivity index (χ3n) is 4.51. The molecule has 0 aromatic carbocycles. The summed E-state index contributed by atoms with van der Waals surface area (Å²) in [6.07, 6.45) is 0.766. The Labute approximate surface area is 180 Å². The van der Waals surface area contributed by atoms with Crippen LogP contribution in [0.15, 0.2) is 12.7 Å². The molecule has 0 aliphatic carbocycles. The van der Waals surface area contributed by atoms with Crippen molar-refractivity contribution in [2.75, 3.05) is 23.6 Å². The third-order valence-corrected chi connectivity index (χ3v) is 5.87. The normalized spacial score (nSPS) is 22.6. The number of carbonyl (C=O) groups is 1. The van der Waals surface area contributed by atoms with Crippen molar-refractivity contribution in [2.24, 2.45) is 5.73 Å². The van der Waals surface area contributed by atoms with Gasteiger partial charge in [-0.1, -0.05) is 0 Å². The number of thioether (sulfide) groups is 1. The van der Waals surface area contributed by atoms with Gasteiger partial charge in [0.1, 0.15) is 24.7 Å². The van der Waals surface area contributed by atoms with E-state index >= 15 is 0 Å². The summed E-state index contributed by atoms with van der Waals surface area (Å²) in [6.45, 7) is -0.459. The van der Waals surface area contributed by atoms with Crippen molar-refractivity contribution >= 4 is 42.5 Å². The second kappa shape index (κ2) is 10.2. The fraction of sp³-hybridized carbons (Fsp3) is 0.600. The Bertz CT molecular complexity index is 957. The average molecular weight is 478 g/mol. The second-order valence-corrected chi connectivity index (χ2v) is 9.07. The fourth-order valence-electron chi connectivity index (χ4n) is 2.92. The zero-order valence-corrected chi connectivity index (χ0v) is 17.9. The molecular formula is C15H23N6O8PS. The highest BCUT2D eigenvalue weighted by atomic mass is 32.2. The molecule has 1 saturated heterocycles. The van der Waals surface area contributed by atoms with Gasteiger partial charge in [0.15, 0.2) is 17.0 Å². The van der Waals surface area contributed by atoms with Gasteiger partial charge in [-0.25, -0.2) is 19.5 Å². The van der Waals surface area contributed by atoms with Gasteiger partial charge in [-0.15, -0.1) is 11.8 Å². The highest BCUT2D eigenvalue weighted by molar-refractivity contribution is 7.99. The predicted octanol–water partition coefficient (Wildman–Crippen LogP) is -0.511. The van der Waals surface area contributed by atoms with E-state index in [9.17, 15) is 14.5 Å². The number of aromatic nitrogens is 4. The number of carboxylic acid groups (broad SMARTS) is 1. The summed E-state index contributed by atoms with van der Waals surface area (Å²) in [5.74, 6) is 0.436. The molecule has 3 rings (SSSR count). The molecule has 2 aromatic heterocycles. The zero-order chi connectivity index (χ0) is 22.6. The first-order valence-corrected chi connectivity index (χ1v) is 11.9. The Morgan fingerprint density at radius 3 is 2.94 bits per heavy atom. The summed E-state index contributed by atoms with van der Waals surface area (Å²) in [7, 11) is -4.67. The number of rotatable bonds is 11. The number of nitrogens with two attached hydrogens (primary N) is 1. The minimum atomic E-state index is -4.67. The molecule has 0 unspecified atom stereocenters. The smallest absolute Gasteiger partial charge is 0.469 e. The van der Waals surface area contributed by atoms with Gasteiger partial charge in [0.2, 0.25) is 0 Å². The number of carboxylic acids is 1. The number of phosphoric acid groups is 1. The van der Waals surface area contributed by atoms with Crippen LogP contribution in [0.25, 0.3) is 11.2 Å². The first-order valence-electron chi connectivity index (χ1n) is 9.17. The van der Waals surface area contributed by atoms with E-state index in [1.165, 1.54) is 24.4 Å². The number of phosphoric ester groups is 1.